The molecule has 6 rings (SSSR count). The van der Waals surface area contributed by atoms with Gasteiger partial charge in [-0.1, -0.05) is 156 Å². The molecule has 0 radical (unpaired) electrons. The van der Waals surface area contributed by atoms with Gasteiger partial charge >= 0.3 is 0 Å². The molecule has 0 amide bonds. The van der Waals surface area contributed by atoms with Gasteiger partial charge in [0.2, 0.25) is 0 Å². The van der Waals surface area contributed by atoms with E-state index in [0.717, 1.165) is 18.5 Å². The van der Waals surface area contributed by atoms with E-state index in [1.54, 1.807) is 0 Å². The molecule has 0 fully saturated rings. The fourth-order valence-corrected chi connectivity index (χ4v) is 17.3. The number of pyridine rings is 4. The Kier molecular flexibility index (Phi) is 16.3. The number of rotatable bonds is 11. The van der Waals surface area contributed by atoms with Crippen LogP contribution in [-0.2, 0) is 18.5 Å². The minimum Gasteiger partial charge on any atom is -0.257 e. The molecule has 4 aromatic heterocycles. The van der Waals surface area contributed by atoms with Crippen LogP contribution in [0.3, 0.4) is 0 Å². The molecule has 0 bridgehead atoms. The standard InChI is InChI=1S/C26H34N2P2.C25H32N2P2/c1-25(2,3)29(23-15-9-11-17-27-23)19-21-13-7-8-14-22(21)20-30(26(4,5)6)24-16-10-12-18-28-24;1-24(2,3)28(22-15-9-11-17-26-22)19-20-13-7-8-14-21(20)29(25(4,5)6)23-16-10-12-18-27-23/h7-18H,19-20H2,1-6H3;7-18H,19H2,1-6H3. The van der Waals surface area contributed by atoms with Gasteiger partial charge in [0, 0.05) is 24.8 Å². The maximum absolute atomic E-state index is 4.77. The maximum Gasteiger partial charge on any atom is 0.0681 e. The lowest BCUT2D eigenvalue weighted by atomic mass is 10.1. The predicted molar refractivity (Wildman–Crippen MR) is 266 cm³/mol. The molecule has 6 aromatic rings. The first kappa shape index (κ1) is 46.8. The number of hydrogen-bond donors (Lipinski definition) is 0. The fourth-order valence-electron chi connectivity index (χ4n) is 7.08. The molecule has 4 atom stereocenters. The molecule has 310 valence electrons. The van der Waals surface area contributed by atoms with Crippen LogP contribution in [0.15, 0.2) is 146 Å². The zero-order valence-electron chi connectivity index (χ0n) is 37.6. The summed E-state index contributed by atoms with van der Waals surface area (Å²) in [4.78, 5) is 19.0. The van der Waals surface area contributed by atoms with Crippen molar-refractivity contribution in [2.24, 2.45) is 0 Å². The van der Waals surface area contributed by atoms with Crippen LogP contribution >= 0.6 is 31.7 Å². The molecule has 0 aliphatic heterocycles. The van der Waals surface area contributed by atoms with Crippen molar-refractivity contribution in [3.05, 3.63) is 163 Å². The molecule has 59 heavy (non-hydrogen) atoms. The van der Waals surface area contributed by atoms with Crippen molar-refractivity contribution in [1.29, 1.82) is 0 Å². The summed E-state index contributed by atoms with van der Waals surface area (Å²) >= 11 is 0. The summed E-state index contributed by atoms with van der Waals surface area (Å²) in [6, 6.07) is 43.4. The van der Waals surface area contributed by atoms with Crippen LogP contribution in [0, 0.1) is 0 Å². The topological polar surface area (TPSA) is 51.6 Å². The molecule has 8 heteroatoms. The largest absolute Gasteiger partial charge is 0.257 e. The molecular formula is C51H66N4P4. The van der Waals surface area contributed by atoms with E-state index in [1.807, 2.05) is 49.1 Å². The van der Waals surface area contributed by atoms with Gasteiger partial charge in [-0.2, -0.15) is 0 Å². The Balaban J connectivity index is 0.000000224. The summed E-state index contributed by atoms with van der Waals surface area (Å²) in [5.41, 5.74) is 9.33. The summed E-state index contributed by atoms with van der Waals surface area (Å²) in [6.07, 6.45) is 10.9. The van der Waals surface area contributed by atoms with Crippen molar-refractivity contribution in [1.82, 2.24) is 19.9 Å². The predicted octanol–water partition coefficient (Wildman–Crippen LogP) is 12.5. The highest BCUT2D eigenvalue weighted by Gasteiger charge is 2.34. The van der Waals surface area contributed by atoms with E-state index >= 15 is 0 Å². The van der Waals surface area contributed by atoms with Crippen molar-refractivity contribution in [3.63, 3.8) is 0 Å². The number of aromatic nitrogens is 4. The quantitative estimate of drug-likeness (QED) is 0.122. The molecule has 0 saturated heterocycles. The van der Waals surface area contributed by atoms with Gasteiger partial charge in [0.15, 0.2) is 0 Å². The van der Waals surface area contributed by atoms with E-state index < -0.39 is 31.7 Å². The van der Waals surface area contributed by atoms with E-state index in [9.17, 15) is 0 Å². The first-order valence-corrected chi connectivity index (χ1v) is 26.7. The summed E-state index contributed by atoms with van der Waals surface area (Å²) in [5, 5.41) is 2.18. The van der Waals surface area contributed by atoms with Crippen LogP contribution < -0.4 is 27.0 Å². The highest BCUT2D eigenvalue weighted by atomic mass is 31.1. The smallest absolute Gasteiger partial charge is 0.0681 e. The van der Waals surface area contributed by atoms with Crippen molar-refractivity contribution in [2.45, 2.75) is 122 Å². The Morgan fingerprint density at radius 1 is 0.322 bits per heavy atom. The van der Waals surface area contributed by atoms with Gasteiger partial charge in [0.25, 0.3) is 0 Å². The zero-order valence-corrected chi connectivity index (χ0v) is 41.1. The Bertz CT molecular complexity index is 2080. The Hall–Kier alpha value is -3.24. The Morgan fingerprint density at radius 2 is 0.610 bits per heavy atom. The molecule has 0 aliphatic carbocycles. The van der Waals surface area contributed by atoms with E-state index in [2.05, 4.69) is 180 Å². The SMILES string of the molecule is CC(C)(C)P(Cc1ccccc1CP(c1ccccn1)C(C)(C)C)c1ccccn1.CC(C)(C)P(Cc1ccccc1P(c1ccccn1)C(C)(C)C)c1ccccn1. The molecule has 4 nitrogen and oxygen atoms in total. The van der Waals surface area contributed by atoms with Crippen LogP contribution in [0.5, 0.6) is 0 Å². The Morgan fingerprint density at radius 3 is 0.915 bits per heavy atom. The lowest BCUT2D eigenvalue weighted by Gasteiger charge is -2.35. The first-order valence-electron chi connectivity index (χ1n) is 20.8. The molecule has 0 N–H and O–H groups in total. The molecular weight excluding hydrogens is 792 g/mol. The second-order valence-electron chi connectivity index (χ2n) is 18.9. The average molecular weight is 859 g/mol. The monoisotopic (exact) mass is 858 g/mol. The second-order valence-corrected chi connectivity index (χ2v) is 30.8. The van der Waals surface area contributed by atoms with E-state index in [-0.39, 0.29) is 20.6 Å². The third-order valence-corrected chi connectivity index (χ3v) is 22.4. The van der Waals surface area contributed by atoms with Crippen LogP contribution in [-0.4, -0.2) is 40.6 Å². The normalized spacial score (nSPS) is 14.4. The highest BCUT2D eigenvalue weighted by Crippen LogP contribution is 2.55. The van der Waals surface area contributed by atoms with Gasteiger partial charge in [0.05, 0.1) is 21.7 Å². The molecule has 2 aromatic carbocycles. The lowest BCUT2D eigenvalue weighted by Crippen LogP contribution is -2.30. The molecule has 4 unspecified atom stereocenters. The molecule has 0 spiro atoms. The number of hydrogen-bond acceptors (Lipinski definition) is 4. The van der Waals surface area contributed by atoms with E-state index in [0.29, 0.717) is 0 Å². The average Bonchev–Trinajstić information content (AvgIpc) is 3.19. The number of benzene rings is 2. The Labute approximate surface area is 362 Å². The number of nitrogens with zero attached hydrogens (tertiary/aromatic N) is 4. The molecule has 4 heterocycles. The van der Waals surface area contributed by atoms with E-state index in [4.69, 9.17) is 19.9 Å². The van der Waals surface area contributed by atoms with Gasteiger partial charge in [-0.15, -0.1) is 0 Å². The third kappa shape index (κ3) is 13.4. The summed E-state index contributed by atoms with van der Waals surface area (Å²) in [7, 11) is -1.84. The first-order chi connectivity index (χ1) is 27.8. The summed E-state index contributed by atoms with van der Waals surface area (Å²) in [6.45, 7) is 28.2. The molecule has 0 saturated carbocycles. The van der Waals surface area contributed by atoms with Gasteiger partial charge in [-0.05, 0) is 141 Å². The van der Waals surface area contributed by atoms with Gasteiger partial charge in [-0.25, -0.2) is 0 Å². The van der Waals surface area contributed by atoms with Crippen LogP contribution in [0.25, 0.3) is 0 Å². The van der Waals surface area contributed by atoms with Crippen molar-refractivity contribution >= 4 is 58.7 Å². The minimum absolute atomic E-state index is 0.134. The third-order valence-electron chi connectivity index (χ3n) is 10.1. The van der Waals surface area contributed by atoms with Crippen molar-refractivity contribution in [2.75, 3.05) is 0 Å². The zero-order chi connectivity index (χ0) is 42.8. The van der Waals surface area contributed by atoms with Crippen LogP contribution in [0.2, 0.25) is 0 Å². The molecule has 0 aliphatic rings. The van der Waals surface area contributed by atoms with Gasteiger partial charge in [0.1, 0.15) is 0 Å². The van der Waals surface area contributed by atoms with Crippen molar-refractivity contribution in [3.8, 4) is 0 Å². The van der Waals surface area contributed by atoms with Crippen LogP contribution in [0.4, 0.5) is 0 Å². The minimum atomic E-state index is -0.569. The van der Waals surface area contributed by atoms with Gasteiger partial charge in [-0.3, -0.25) is 19.9 Å². The maximum atomic E-state index is 4.77. The van der Waals surface area contributed by atoms with Crippen LogP contribution in [0.1, 0.15) is 99.8 Å². The lowest BCUT2D eigenvalue weighted by molar-refractivity contribution is 0.782. The second kappa shape index (κ2) is 20.5. The van der Waals surface area contributed by atoms with Crippen molar-refractivity contribution < 1.29 is 0 Å². The van der Waals surface area contributed by atoms with Gasteiger partial charge < -0.3 is 0 Å². The van der Waals surface area contributed by atoms with E-state index in [1.165, 1.54) is 43.7 Å². The summed E-state index contributed by atoms with van der Waals surface area (Å²) in [5.74, 6) is 0. The highest BCUT2D eigenvalue weighted by molar-refractivity contribution is 7.74. The fraction of sp³-hybridized carbons (Fsp3) is 0.373. The summed E-state index contributed by atoms with van der Waals surface area (Å²) < 4.78 is 0.